The Bertz CT molecular complexity index is 608. The molecule has 1 aromatic heterocycles. The summed E-state index contributed by atoms with van der Waals surface area (Å²) in [6.45, 7) is 2.88. The largest absolute Gasteiger partial charge is 0.491 e. The Balaban J connectivity index is 1.84. The molecule has 0 radical (unpaired) electrons. The third-order valence-electron chi connectivity index (χ3n) is 2.70. The van der Waals surface area contributed by atoms with Crippen molar-refractivity contribution < 1.29 is 4.74 Å². The van der Waals surface area contributed by atoms with Gasteiger partial charge in [0, 0.05) is 19.0 Å². The van der Waals surface area contributed by atoms with Crippen molar-refractivity contribution in [3.05, 3.63) is 52.4 Å². The van der Waals surface area contributed by atoms with Crippen LogP contribution < -0.4 is 16.0 Å². The van der Waals surface area contributed by atoms with Crippen LogP contribution in [0.25, 0.3) is 0 Å². The first-order valence-electron chi connectivity index (χ1n) is 6.18. The Morgan fingerprint density at radius 1 is 1.37 bits per heavy atom. The minimum Gasteiger partial charge on any atom is -0.491 e. The number of benzene rings is 1. The van der Waals surface area contributed by atoms with Crippen molar-refractivity contribution in [2.24, 2.45) is 0 Å². The molecule has 19 heavy (non-hydrogen) atoms. The Hall–Kier alpha value is -2.30. The minimum atomic E-state index is -0.0841. The normalized spacial score (nSPS) is 10.4. The van der Waals surface area contributed by atoms with Crippen molar-refractivity contribution in [1.82, 2.24) is 9.78 Å². The molecular formula is C14H17N3O2. The van der Waals surface area contributed by atoms with Gasteiger partial charge in [-0.05, 0) is 24.6 Å². The number of para-hydroxylation sites is 2. The average Bonchev–Trinajstić information content (AvgIpc) is 2.38. The molecule has 0 spiro atoms. The summed E-state index contributed by atoms with van der Waals surface area (Å²) in [6.07, 6.45) is 2.38. The van der Waals surface area contributed by atoms with E-state index in [9.17, 15) is 4.79 Å². The number of hydrogen-bond donors (Lipinski definition) is 1. The first kappa shape index (κ1) is 13.1. The molecule has 5 nitrogen and oxygen atoms in total. The fourth-order valence-electron chi connectivity index (χ4n) is 1.70. The van der Waals surface area contributed by atoms with Crippen LogP contribution in [0.5, 0.6) is 5.75 Å². The van der Waals surface area contributed by atoms with Crippen LogP contribution in [-0.2, 0) is 6.54 Å². The van der Waals surface area contributed by atoms with Gasteiger partial charge >= 0.3 is 0 Å². The lowest BCUT2D eigenvalue weighted by atomic mass is 10.3. The quantitative estimate of drug-likeness (QED) is 0.654. The van der Waals surface area contributed by atoms with Crippen LogP contribution in [-0.4, -0.2) is 16.4 Å². The third kappa shape index (κ3) is 3.58. The number of aryl methyl sites for hydroxylation is 2. The Morgan fingerprint density at radius 2 is 2.16 bits per heavy atom. The van der Waals surface area contributed by atoms with Crippen LogP contribution in [0.1, 0.15) is 12.0 Å². The maximum Gasteiger partial charge on any atom is 0.266 e. The molecule has 0 unspecified atom stereocenters. The van der Waals surface area contributed by atoms with Gasteiger partial charge in [-0.15, -0.1) is 0 Å². The molecule has 0 saturated carbocycles. The SMILES string of the molecule is Cc1cnn(CCCOc2ccccc2N)c(=O)c1. The number of rotatable bonds is 5. The molecule has 0 aliphatic rings. The van der Waals surface area contributed by atoms with E-state index in [1.165, 1.54) is 4.68 Å². The summed E-state index contributed by atoms with van der Waals surface area (Å²) in [5.74, 6) is 0.673. The topological polar surface area (TPSA) is 70.1 Å². The predicted octanol–water partition coefficient (Wildman–Crippen LogP) is 1.60. The molecule has 0 saturated heterocycles. The Morgan fingerprint density at radius 3 is 2.89 bits per heavy atom. The van der Waals surface area contributed by atoms with Gasteiger partial charge in [0.05, 0.1) is 18.5 Å². The van der Waals surface area contributed by atoms with Crippen LogP contribution >= 0.6 is 0 Å². The summed E-state index contributed by atoms with van der Waals surface area (Å²) >= 11 is 0. The molecule has 1 heterocycles. The van der Waals surface area contributed by atoms with Gasteiger partial charge in [-0.25, -0.2) is 4.68 Å². The molecule has 2 aromatic rings. The number of ether oxygens (including phenoxy) is 1. The van der Waals surface area contributed by atoms with Gasteiger partial charge in [-0.3, -0.25) is 4.79 Å². The molecule has 0 bridgehead atoms. The number of hydrogen-bond acceptors (Lipinski definition) is 4. The lowest BCUT2D eigenvalue weighted by Crippen LogP contribution is -2.23. The summed E-state index contributed by atoms with van der Waals surface area (Å²) in [4.78, 5) is 11.6. The van der Waals surface area contributed by atoms with Gasteiger partial charge in [0.1, 0.15) is 5.75 Å². The van der Waals surface area contributed by atoms with Crippen molar-refractivity contribution in [3.8, 4) is 5.75 Å². The molecule has 100 valence electrons. The van der Waals surface area contributed by atoms with Gasteiger partial charge in [0.25, 0.3) is 5.56 Å². The van der Waals surface area contributed by atoms with Crippen molar-refractivity contribution in [2.75, 3.05) is 12.3 Å². The average molecular weight is 259 g/mol. The van der Waals surface area contributed by atoms with Crippen molar-refractivity contribution in [1.29, 1.82) is 0 Å². The molecule has 0 atom stereocenters. The van der Waals surface area contributed by atoms with E-state index in [0.29, 0.717) is 31.0 Å². The van der Waals surface area contributed by atoms with Crippen LogP contribution in [0.3, 0.4) is 0 Å². The molecule has 0 amide bonds. The van der Waals surface area contributed by atoms with Crippen LogP contribution in [0, 0.1) is 6.92 Å². The van der Waals surface area contributed by atoms with Gasteiger partial charge in [0.2, 0.25) is 0 Å². The first-order chi connectivity index (χ1) is 9.16. The van der Waals surface area contributed by atoms with Gasteiger partial charge in [-0.2, -0.15) is 5.10 Å². The van der Waals surface area contributed by atoms with Crippen molar-refractivity contribution in [3.63, 3.8) is 0 Å². The number of aromatic nitrogens is 2. The van der Waals surface area contributed by atoms with E-state index in [2.05, 4.69) is 5.10 Å². The standard InChI is InChI=1S/C14H17N3O2/c1-11-9-14(18)17(16-10-11)7-4-8-19-13-6-3-2-5-12(13)15/h2-3,5-6,9-10H,4,7-8,15H2,1H3. The number of nitrogens with zero attached hydrogens (tertiary/aromatic N) is 2. The highest BCUT2D eigenvalue weighted by molar-refractivity contribution is 5.51. The molecule has 0 fully saturated rings. The van der Waals surface area contributed by atoms with E-state index in [1.807, 2.05) is 25.1 Å². The Kier molecular flexibility index (Phi) is 4.18. The lowest BCUT2D eigenvalue weighted by molar-refractivity contribution is 0.298. The maximum absolute atomic E-state index is 11.6. The smallest absolute Gasteiger partial charge is 0.266 e. The van der Waals surface area contributed by atoms with Crippen molar-refractivity contribution >= 4 is 5.69 Å². The highest BCUT2D eigenvalue weighted by atomic mass is 16.5. The second-order valence-corrected chi connectivity index (χ2v) is 4.33. The lowest BCUT2D eigenvalue weighted by Gasteiger charge is -2.09. The number of nitrogens with two attached hydrogens (primary N) is 1. The molecule has 2 N–H and O–H groups in total. The van der Waals surface area contributed by atoms with Crippen LogP contribution in [0.15, 0.2) is 41.3 Å². The summed E-state index contributed by atoms with van der Waals surface area (Å²) in [6, 6.07) is 8.92. The molecule has 0 aliphatic carbocycles. The predicted molar refractivity (Wildman–Crippen MR) is 74.2 cm³/mol. The zero-order valence-electron chi connectivity index (χ0n) is 10.9. The van der Waals surface area contributed by atoms with E-state index < -0.39 is 0 Å². The third-order valence-corrected chi connectivity index (χ3v) is 2.70. The second kappa shape index (κ2) is 6.04. The Labute approximate surface area is 111 Å². The zero-order chi connectivity index (χ0) is 13.7. The van der Waals surface area contributed by atoms with Gasteiger partial charge < -0.3 is 10.5 Å². The minimum absolute atomic E-state index is 0.0841. The summed E-state index contributed by atoms with van der Waals surface area (Å²) in [7, 11) is 0. The maximum atomic E-state index is 11.6. The summed E-state index contributed by atoms with van der Waals surface area (Å²) in [5.41, 5.74) is 7.17. The van der Waals surface area contributed by atoms with Crippen LogP contribution in [0.2, 0.25) is 0 Å². The molecular weight excluding hydrogens is 242 g/mol. The number of nitrogen functional groups attached to an aromatic ring is 1. The van der Waals surface area contributed by atoms with E-state index in [1.54, 1.807) is 18.3 Å². The fraction of sp³-hybridized carbons (Fsp3) is 0.286. The molecule has 1 aromatic carbocycles. The van der Waals surface area contributed by atoms with Gasteiger partial charge in [-0.1, -0.05) is 12.1 Å². The van der Waals surface area contributed by atoms with E-state index in [-0.39, 0.29) is 5.56 Å². The fourth-order valence-corrected chi connectivity index (χ4v) is 1.70. The second-order valence-electron chi connectivity index (χ2n) is 4.33. The van der Waals surface area contributed by atoms with E-state index in [4.69, 9.17) is 10.5 Å². The summed E-state index contributed by atoms with van der Waals surface area (Å²) < 4.78 is 6.99. The number of anilines is 1. The monoisotopic (exact) mass is 259 g/mol. The van der Waals surface area contributed by atoms with Crippen molar-refractivity contribution in [2.45, 2.75) is 19.9 Å². The highest BCUT2D eigenvalue weighted by Crippen LogP contribution is 2.19. The zero-order valence-corrected chi connectivity index (χ0v) is 10.9. The van der Waals surface area contributed by atoms with E-state index >= 15 is 0 Å². The highest BCUT2D eigenvalue weighted by Gasteiger charge is 2.00. The summed E-state index contributed by atoms with van der Waals surface area (Å²) in [5, 5.41) is 4.06. The van der Waals surface area contributed by atoms with Gasteiger partial charge in [0.15, 0.2) is 0 Å². The molecule has 0 aliphatic heterocycles. The van der Waals surface area contributed by atoms with E-state index in [0.717, 1.165) is 5.56 Å². The van der Waals surface area contributed by atoms with Crippen LogP contribution in [0.4, 0.5) is 5.69 Å². The first-order valence-corrected chi connectivity index (χ1v) is 6.18. The molecule has 2 rings (SSSR count). The molecule has 5 heteroatoms.